The van der Waals surface area contributed by atoms with E-state index < -0.39 is 0 Å². The number of hydrogen-bond acceptors (Lipinski definition) is 3. The predicted molar refractivity (Wildman–Crippen MR) is 107 cm³/mol. The Kier molecular flexibility index (Phi) is 3.35. The van der Waals surface area contributed by atoms with Gasteiger partial charge in [0.2, 0.25) is 0 Å². The van der Waals surface area contributed by atoms with Crippen LogP contribution in [0.3, 0.4) is 0 Å². The number of hydrogen-bond donors (Lipinski definition) is 1. The van der Waals surface area contributed by atoms with E-state index in [2.05, 4.69) is 61.6 Å². The maximum absolute atomic E-state index is 6.28. The molecule has 0 amide bonds. The standard InChI is InChI=1S/C21H19ClN2S/c1-21(2)15-10-13(22)7-8-18(15)23-19-14-9-12-5-3-4-6-17(12)24-20(14)25-11-16(19)21/h3-10,16,19,23H,11H2,1-2H3/t16-,19-/m1/s1. The Morgan fingerprint density at radius 1 is 1.16 bits per heavy atom. The van der Waals surface area contributed by atoms with Gasteiger partial charge in [-0.05, 0) is 41.3 Å². The SMILES string of the molecule is CC1(C)c2cc(Cl)ccc2N[C@@H]2c3cc4ccccc4nc3SC[C@H]21. The minimum Gasteiger partial charge on any atom is -0.378 e. The van der Waals surface area contributed by atoms with E-state index in [0.717, 1.165) is 16.3 Å². The first-order chi connectivity index (χ1) is 12.0. The summed E-state index contributed by atoms with van der Waals surface area (Å²) in [5.41, 5.74) is 4.98. The Morgan fingerprint density at radius 3 is 2.88 bits per heavy atom. The van der Waals surface area contributed by atoms with Crippen LogP contribution in [-0.4, -0.2) is 10.7 Å². The molecule has 0 aliphatic carbocycles. The number of nitrogens with zero attached hydrogens (tertiary/aromatic N) is 1. The van der Waals surface area contributed by atoms with Gasteiger partial charge in [0.1, 0.15) is 5.03 Å². The Labute approximate surface area is 157 Å². The average molecular weight is 367 g/mol. The van der Waals surface area contributed by atoms with E-state index in [9.17, 15) is 0 Å². The summed E-state index contributed by atoms with van der Waals surface area (Å²) < 4.78 is 0. The average Bonchev–Trinajstić information content (AvgIpc) is 2.61. The van der Waals surface area contributed by atoms with E-state index in [1.165, 1.54) is 27.2 Å². The zero-order valence-electron chi connectivity index (χ0n) is 14.2. The number of aromatic nitrogens is 1. The molecule has 0 saturated carbocycles. The molecule has 2 aromatic carbocycles. The van der Waals surface area contributed by atoms with Crippen LogP contribution in [0.1, 0.15) is 31.0 Å². The summed E-state index contributed by atoms with van der Waals surface area (Å²) in [6, 6.07) is 17.2. The Balaban J connectivity index is 1.69. The van der Waals surface area contributed by atoms with Gasteiger partial charge in [0.15, 0.2) is 0 Å². The van der Waals surface area contributed by atoms with Gasteiger partial charge < -0.3 is 5.32 Å². The number of halogens is 1. The highest BCUT2D eigenvalue weighted by Gasteiger charge is 2.46. The summed E-state index contributed by atoms with van der Waals surface area (Å²) in [5.74, 6) is 1.56. The highest BCUT2D eigenvalue weighted by Crippen LogP contribution is 2.54. The molecule has 2 nitrogen and oxygen atoms in total. The molecule has 1 N–H and O–H groups in total. The van der Waals surface area contributed by atoms with Crippen molar-refractivity contribution in [2.24, 2.45) is 5.92 Å². The van der Waals surface area contributed by atoms with E-state index in [0.29, 0.717) is 5.92 Å². The van der Waals surface area contributed by atoms with Crippen LogP contribution < -0.4 is 5.32 Å². The molecule has 1 aromatic heterocycles. The van der Waals surface area contributed by atoms with Crippen LogP contribution in [0, 0.1) is 5.92 Å². The molecule has 0 radical (unpaired) electrons. The number of anilines is 1. The molecule has 0 fully saturated rings. The van der Waals surface area contributed by atoms with E-state index in [1.54, 1.807) is 0 Å². The number of para-hydroxylation sites is 1. The monoisotopic (exact) mass is 366 g/mol. The van der Waals surface area contributed by atoms with Gasteiger partial charge in [-0.2, -0.15) is 0 Å². The topological polar surface area (TPSA) is 24.9 Å². The van der Waals surface area contributed by atoms with Crippen molar-refractivity contribution in [3.05, 3.63) is 64.7 Å². The molecule has 25 heavy (non-hydrogen) atoms. The summed E-state index contributed by atoms with van der Waals surface area (Å²) in [7, 11) is 0. The second kappa shape index (κ2) is 5.39. The maximum Gasteiger partial charge on any atom is 0.102 e. The van der Waals surface area contributed by atoms with Gasteiger partial charge in [0.25, 0.3) is 0 Å². The van der Waals surface area contributed by atoms with Gasteiger partial charge >= 0.3 is 0 Å². The maximum atomic E-state index is 6.28. The summed E-state index contributed by atoms with van der Waals surface area (Å²) in [5, 5.41) is 6.98. The molecule has 5 rings (SSSR count). The first-order valence-corrected chi connectivity index (χ1v) is 9.99. The first kappa shape index (κ1) is 15.5. The van der Waals surface area contributed by atoms with Crippen LogP contribution in [0.4, 0.5) is 5.69 Å². The van der Waals surface area contributed by atoms with Gasteiger partial charge in [-0.25, -0.2) is 4.98 Å². The number of rotatable bonds is 0. The fourth-order valence-electron chi connectivity index (χ4n) is 4.28. The van der Waals surface area contributed by atoms with E-state index >= 15 is 0 Å². The lowest BCUT2D eigenvalue weighted by Crippen LogP contribution is -2.44. The molecule has 0 unspecified atom stereocenters. The van der Waals surface area contributed by atoms with E-state index in [-0.39, 0.29) is 11.5 Å². The van der Waals surface area contributed by atoms with Crippen LogP contribution in [0.15, 0.2) is 53.6 Å². The van der Waals surface area contributed by atoms with Gasteiger partial charge in [-0.15, -0.1) is 11.8 Å². The minimum absolute atomic E-state index is 0.0620. The van der Waals surface area contributed by atoms with Gasteiger partial charge in [-0.3, -0.25) is 0 Å². The largest absolute Gasteiger partial charge is 0.378 e. The summed E-state index contributed by atoms with van der Waals surface area (Å²) in [6.07, 6.45) is 0. The number of nitrogens with one attached hydrogen (secondary N) is 1. The molecule has 0 bridgehead atoms. The van der Waals surface area contributed by atoms with Gasteiger partial charge in [0, 0.05) is 33.3 Å². The third kappa shape index (κ3) is 2.29. The number of pyridine rings is 1. The van der Waals surface area contributed by atoms with Crippen molar-refractivity contribution < 1.29 is 0 Å². The highest BCUT2D eigenvalue weighted by molar-refractivity contribution is 7.99. The fourth-order valence-corrected chi connectivity index (χ4v) is 5.91. The van der Waals surface area contributed by atoms with Crippen molar-refractivity contribution in [2.75, 3.05) is 11.1 Å². The van der Waals surface area contributed by atoms with Crippen LogP contribution in [0.2, 0.25) is 5.02 Å². The third-order valence-electron chi connectivity index (χ3n) is 5.77. The van der Waals surface area contributed by atoms with Crippen molar-refractivity contribution in [2.45, 2.75) is 30.3 Å². The van der Waals surface area contributed by atoms with Crippen LogP contribution in [0.5, 0.6) is 0 Å². The van der Waals surface area contributed by atoms with Crippen molar-refractivity contribution in [3.8, 4) is 0 Å². The Morgan fingerprint density at radius 2 is 2.00 bits per heavy atom. The third-order valence-corrected chi connectivity index (χ3v) is 7.13. The summed E-state index contributed by atoms with van der Waals surface area (Å²) >= 11 is 8.17. The number of thioether (sulfide) groups is 1. The summed E-state index contributed by atoms with van der Waals surface area (Å²) in [6.45, 7) is 4.70. The first-order valence-electron chi connectivity index (χ1n) is 8.63. The molecule has 2 aliphatic heterocycles. The van der Waals surface area contributed by atoms with Crippen LogP contribution in [-0.2, 0) is 5.41 Å². The second-order valence-electron chi connectivity index (χ2n) is 7.53. The minimum atomic E-state index is 0.0620. The van der Waals surface area contributed by atoms with Crippen LogP contribution in [0.25, 0.3) is 10.9 Å². The van der Waals surface area contributed by atoms with E-state index in [1.807, 2.05) is 17.8 Å². The Hall–Kier alpha value is -1.71. The van der Waals surface area contributed by atoms with Crippen molar-refractivity contribution >= 4 is 40.0 Å². The number of fused-ring (bicyclic) bond motifs is 5. The van der Waals surface area contributed by atoms with Gasteiger partial charge in [0.05, 0.1) is 11.6 Å². The fraction of sp³-hybridized carbons (Fsp3) is 0.286. The number of benzene rings is 2. The van der Waals surface area contributed by atoms with Crippen molar-refractivity contribution in [1.29, 1.82) is 0 Å². The van der Waals surface area contributed by atoms with E-state index in [4.69, 9.17) is 16.6 Å². The zero-order chi connectivity index (χ0) is 17.2. The smallest absolute Gasteiger partial charge is 0.102 e. The second-order valence-corrected chi connectivity index (χ2v) is 8.97. The van der Waals surface area contributed by atoms with Gasteiger partial charge in [-0.1, -0.05) is 43.6 Å². The summed E-state index contributed by atoms with van der Waals surface area (Å²) in [4.78, 5) is 4.93. The predicted octanol–water partition coefficient (Wildman–Crippen LogP) is 6.05. The molecule has 3 aromatic rings. The quantitative estimate of drug-likeness (QED) is 0.523. The molecule has 3 heterocycles. The molecular weight excluding hydrogens is 348 g/mol. The molecule has 2 aliphatic rings. The normalized spacial score (nSPS) is 23.3. The molecular formula is C21H19ClN2S. The highest BCUT2D eigenvalue weighted by atomic mass is 35.5. The molecule has 0 spiro atoms. The molecule has 2 atom stereocenters. The lowest BCUT2D eigenvalue weighted by molar-refractivity contribution is 0.292. The molecule has 0 saturated heterocycles. The lowest BCUT2D eigenvalue weighted by Gasteiger charge is -2.48. The van der Waals surface area contributed by atoms with Crippen molar-refractivity contribution in [3.63, 3.8) is 0 Å². The van der Waals surface area contributed by atoms with Crippen molar-refractivity contribution in [1.82, 2.24) is 4.98 Å². The van der Waals surface area contributed by atoms with Crippen LogP contribution >= 0.6 is 23.4 Å². The molecule has 126 valence electrons. The molecule has 4 heteroatoms. The lowest BCUT2D eigenvalue weighted by atomic mass is 9.66. The zero-order valence-corrected chi connectivity index (χ0v) is 15.8. The Bertz CT molecular complexity index is 998.